The molecule has 0 radical (unpaired) electrons. The fourth-order valence-corrected chi connectivity index (χ4v) is 3.20. The summed E-state index contributed by atoms with van der Waals surface area (Å²) in [4.78, 5) is 17.4. The number of hydrogen-bond acceptors (Lipinski definition) is 4. The van der Waals surface area contributed by atoms with Crippen LogP contribution in [0.4, 0.5) is 4.79 Å². The summed E-state index contributed by atoms with van der Waals surface area (Å²) in [6.07, 6.45) is 2.09. The third kappa shape index (κ3) is 4.06. The Hall–Kier alpha value is -1.98. The van der Waals surface area contributed by atoms with Crippen molar-refractivity contribution in [2.75, 3.05) is 13.2 Å². The molecule has 2 atom stereocenters. The molecule has 0 spiro atoms. The molecule has 1 saturated heterocycles. The number of pyridine rings is 1. The first kappa shape index (κ1) is 17.4. The van der Waals surface area contributed by atoms with Crippen LogP contribution in [-0.2, 0) is 0 Å². The van der Waals surface area contributed by atoms with Gasteiger partial charge in [-0.25, -0.2) is 9.78 Å². The Balaban J connectivity index is 2.27. The maximum Gasteiger partial charge on any atom is 0.407 e. The molecule has 0 aliphatic carbocycles. The van der Waals surface area contributed by atoms with Gasteiger partial charge in [0.25, 0.3) is 5.88 Å². The summed E-state index contributed by atoms with van der Waals surface area (Å²) in [5.74, 6) is 1.02. The van der Waals surface area contributed by atoms with Crippen LogP contribution in [0, 0.1) is 5.41 Å². The summed E-state index contributed by atoms with van der Waals surface area (Å²) in [6, 6.07) is 3.38. The average molecular weight is 322 g/mol. The van der Waals surface area contributed by atoms with Gasteiger partial charge in [0, 0.05) is 12.7 Å². The van der Waals surface area contributed by atoms with Gasteiger partial charge in [-0.1, -0.05) is 20.8 Å². The van der Waals surface area contributed by atoms with Crippen molar-refractivity contribution in [3.05, 3.63) is 18.3 Å². The van der Waals surface area contributed by atoms with Crippen LogP contribution in [0.15, 0.2) is 18.3 Å². The molecule has 2 unspecified atom stereocenters. The molecule has 1 aromatic rings. The van der Waals surface area contributed by atoms with Crippen molar-refractivity contribution in [2.24, 2.45) is 5.41 Å². The lowest BCUT2D eigenvalue weighted by atomic mass is 9.79. The molecule has 1 fully saturated rings. The molecule has 0 aromatic carbocycles. The first-order valence-corrected chi connectivity index (χ1v) is 8.08. The summed E-state index contributed by atoms with van der Waals surface area (Å²) >= 11 is 0. The topological polar surface area (TPSA) is 71.9 Å². The van der Waals surface area contributed by atoms with Crippen LogP contribution in [0.2, 0.25) is 0 Å². The molecule has 128 valence electrons. The molecule has 2 rings (SSSR count). The van der Waals surface area contributed by atoms with Gasteiger partial charge in [0.1, 0.15) is 6.10 Å². The zero-order valence-electron chi connectivity index (χ0n) is 14.3. The molecule has 6 heteroatoms. The predicted molar refractivity (Wildman–Crippen MR) is 87.0 cm³/mol. The lowest BCUT2D eigenvalue weighted by Gasteiger charge is -2.46. The highest BCUT2D eigenvalue weighted by molar-refractivity contribution is 5.66. The Bertz CT molecular complexity index is 542. The SMILES string of the molecule is CCOc1cccnc1OC1CCCN(C(=O)O)C1C(C)(C)C. The lowest BCUT2D eigenvalue weighted by molar-refractivity contribution is -0.0212. The second-order valence-corrected chi connectivity index (χ2v) is 6.83. The van der Waals surface area contributed by atoms with E-state index in [1.807, 2.05) is 33.8 Å². The van der Waals surface area contributed by atoms with E-state index >= 15 is 0 Å². The minimum atomic E-state index is -0.899. The molecule has 1 amide bonds. The van der Waals surface area contributed by atoms with E-state index in [-0.39, 0.29) is 17.6 Å². The fraction of sp³-hybridized carbons (Fsp3) is 0.647. The molecule has 1 aromatic heterocycles. The number of ether oxygens (including phenoxy) is 2. The van der Waals surface area contributed by atoms with E-state index in [0.29, 0.717) is 24.8 Å². The molecule has 0 bridgehead atoms. The second kappa shape index (κ2) is 7.06. The molecule has 0 saturated carbocycles. The number of carboxylic acid groups (broad SMARTS) is 1. The van der Waals surface area contributed by atoms with Crippen LogP contribution in [-0.4, -0.2) is 46.4 Å². The van der Waals surface area contributed by atoms with Crippen LogP contribution in [0.1, 0.15) is 40.5 Å². The van der Waals surface area contributed by atoms with Gasteiger partial charge in [-0.05, 0) is 37.3 Å². The summed E-state index contributed by atoms with van der Waals surface area (Å²) in [7, 11) is 0. The normalized spacial score (nSPS) is 21.8. The van der Waals surface area contributed by atoms with E-state index in [1.165, 1.54) is 4.90 Å². The number of rotatable bonds is 4. The number of piperidine rings is 1. The van der Waals surface area contributed by atoms with E-state index in [1.54, 1.807) is 12.3 Å². The number of amides is 1. The van der Waals surface area contributed by atoms with Crippen molar-refractivity contribution < 1.29 is 19.4 Å². The van der Waals surface area contributed by atoms with Crippen LogP contribution in [0.25, 0.3) is 0 Å². The van der Waals surface area contributed by atoms with E-state index in [2.05, 4.69) is 4.98 Å². The second-order valence-electron chi connectivity index (χ2n) is 6.83. The summed E-state index contributed by atoms with van der Waals surface area (Å²) in [5, 5.41) is 9.52. The van der Waals surface area contributed by atoms with Gasteiger partial charge in [-0.2, -0.15) is 0 Å². The van der Waals surface area contributed by atoms with Crippen molar-refractivity contribution in [3.63, 3.8) is 0 Å². The first-order valence-electron chi connectivity index (χ1n) is 8.08. The van der Waals surface area contributed by atoms with Gasteiger partial charge in [-0.3, -0.25) is 0 Å². The van der Waals surface area contributed by atoms with Gasteiger partial charge >= 0.3 is 6.09 Å². The largest absolute Gasteiger partial charge is 0.488 e. The Kier molecular flexibility index (Phi) is 5.34. The molecular weight excluding hydrogens is 296 g/mol. The van der Waals surface area contributed by atoms with E-state index in [0.717, 1.165) is 12.8 Å². The molecule has 23 heavy (non-hydrogen) atoms. The molecular formula is C17H26N2O4. The van der Waals surface area contributed by atoms with Crippen LogP contribution < -0.4 is 9.47 Å². The predicted octanol–water partition coefficient (Wildman–Crippen LogP) is 3.42. The average Bonchev–Trinajstić information content (AvgIpc) is 2.48. The highest BCUT2D eigenvalue weighted by Gasteiger charge is 2.43. The van der Waals surface area contributed by atoms with E-state index in [4.69, 9.17) is 9.47 Å². The quantitative estimate of drug-likeness (QED) is 0.919. The van der Waals surface area contributed by atoms with Gasteiger partial charge in [0.05, 0.1) is 12.6 Å². The third-order valence-electron chi connectivity index (χ3n) is 4.01. The van der Waals surface area contributed by atoms with Gasteiger partial charge in [0.15, 0.2) is 5.75 Å². The van der Waals surface area contributed by atoms with E-state index < -0.39 is 6.09 Å². The summed E-state index contributed by atoms with van der Waals surface area (Å²) in [5.41, 5.74) is -0.232. The standard InChI is InChI=1S/C17H26N2O4/c1-5-22-13-8-6-10-18-15(13)23-12-9-7-11-19(16(20)21)14(12)17(2,3)4/h6,8,10,12,14H,5,7,9,11H2,1-4H3,(H,20,21). The molecule has 2 heterocycles. The minimum Gasteiger partial charge on any atom is -0.488 e. The van der Waals surface area contributed by atoms with Crippen LogP contribution >= 0.6 is 0 Å². The van der Waals surface area contributed by atoms with Crippen molar-refractivity contribution in [2.45, 2.75) is 52.7 Å². The van der Waals surface area contributed by atoms with Gasteiger partial charge < -0.3 is 19.5 Å². The summed E-state index contributed by atoms with van der Waals surface area (Å²) in [6.45, 7) is 9.08. The number of hydrogen-bond donors (Lipinski definition) is 1. The van der Waals surface area contributed by atoms with Crippen molar-refractivity contribution >= 4 is 6.09 Å². The fourth-order valence-electron chi connectivity index (χ4n) is 3.20. The maximum atomic E-state index is 11.6. The Morgan fingerprint density at radius 3 is 2.83 bits per heavy atom. The zero-order chi connectivity index (χ0) is 17.0. The maximum absolute atomic E-state index is 11.6. The third-order valence-corrected chi connectivity index (χ3v) is 4.01. The monoisotopic (exact) mass is 322 g/mol. The van der Waals surface area contributed by atoms with Gasteiger partial charge in [0.2, 0.25) is 0 Å². The Labute approximate surface area is 137 Å². The van der Waals surface area contributed by atoms with Crippen molar-refractivity contribution in [3.8, 4) is 11.6 Å². The van der Waals surface area contributed by atoms with Crippen molar-refractivity contribution in [1.29, 1.82) is 0 Å². The lowest BCUT2D eigenvalue weighted by Crippen LogP contribution is -2.58. The smallest absolute Gasteiger partial charge is 0.407 e. The first-order chi connectivity index (χ1) is 10.8. The Morgan fingerprint density at radius 2 is 2.22 bits per heavy atom. The number of aromatic nitrogens is 1. The van der Waals surface area contributed by atoms with Gasteiger partial charge in [-0.15, -0.1) is 0 Å². The summed E-state index contributed by atoms with van der Waals surface area (Å²) < 4.78 is 11.7. The highest BCUT2D eigenvalue weighted by Crippen LogP contribution is 2.36. The van der Waals surface area contributed by atoms with E-state index in [9.17, 15) is 9.90 Å². The zero-order valence-corrected chi connectivity index (χ0v) is 14.3. The van der Waals surface area contributed by atoms with Crippen molar-refractivity contribution in [1.82, 2.24) is 9.88 Å². The number of likely N-dealkylation sites (tertiary alicyclic amines) is 1. The molecule has 6 nitrogen and oxygen atoms in total. The highest BCUT2D eigenvalue weighted by atomic mass is 16.5. The van der Waals surface area contributed by atoms with Crippen LogP contribution in [0.5, 0.6) is 11.6 Å². The Morgan fingerprint density at radius 1 is 1.48 bits per heavy atom. The molecule has 1 N–H and O–H groups in total. The molecule has 1 aliphatic heterocycles. The number of carbonyl (C=O) groups is 1. The number of nitrogens with zero attached hydrogens (tertiary/aromatic N) is 2. The molecule has 1 aliphatic rings. The van der Waals surface area contributed by atoms with Crippen LogP contribution in [0.3, 0.4) is 0 Å². The minimum absolute atomic E-state index is 0.231.